The van der Waals surface area contributed by atoms with E-state index in [9.17, 15) is 13.2 Å². The van der Waals surface area contributed by atoms with Gasteiger partial charge in [0.2, 0.25) is 5.82 Å². The number of halogens is 3. The molecule has 114 valence electrons. The van der Waals surface area contributed by atoms with Crippen molar-refractivity contribution in [1.29, 1.82) is 0 Å². The van der Waals surface area contributed by atoms with E-state index in [1.165, 1.54) is 0 Å². The van der Waals surface area contributed by atoms with Gasteiger partial charge >= 0.3 is 6.18 Å². The van der Waals surface area contributed by atoms with Crippen molar-refractivity contribution in [2.75, 3.05) is 13.1 Å². The van der Waals surface area contributed by atoms with E-state index in [4.69, 9.17) is 5.73 Å². The minimum atomic E-state index is -4.45. The molecule has 0 spiro atoms. The number of hydrogen-bond donors (Lipinski definition) is 1. The Hall–Kier alpha value is -1.15. The molecule has 1 aromatic heterocycles. The lowest BCUT2D eigenvalue weighted by molar-refractivity contribution is -0.148. The van der Waals surface area contributed by atoms with Gasteiger partial charge in [0.25, 0.3) is 0 Å². The second kappa shape index (κ2) is 5.33. The third-order valence-corrected chi connectivity index (χ3v) is 4.03. The summed E-state index contributed by atoms with van der Waals surface area (Å²) in [6.45, 7) is 5.86. The Labute approximate surface area is 115 Å². The van der Waals surface area contributed by atoms with Gasteiger partial charge in [-0.05, 0) is 12.8 Å². The summed E-state index contributed by atoms with van der Waals surface area (Å²) in [6.07, 6.45) is -2.78. The number of fused-ring (bicyclic) bond motifs is 1. The first-order chi connectivity index (χ1) is 9.29. The van der Waals surface area contributed by atoms with Crippen LogP contribution in [0.4, 0.5) is 13.2 Å². The number of aromatic nitrogens is 3. The summed E-state index contributed by atoms with van der Waals surface area (Å²) < 4.78 is 39.3. The third-order valence-electron chi connectivity index (χ3n) is 4.03. The van der Waals surface area contributed by atoms with Crippen LogP contribution in [0.5, 0.6) is 0 Å². The van der Waals surface area contributed by atoms with Crippen LogP contribution in [-0.2, 0) is 19.3 Å². The molecule has 2 N–H and O–H groups in total. The van der Waals surface area contributed by atoms with E-state index >= 15 is 0 Å². The van der Waals surface area contributed by atoms with E-state index in [1.54, 1.807) is 0 Å². The zero-order valence-electron chi connectivity index (χ0n) is 11.7. The van der Waals surface area contributed by atoms with Crippen molar-refractivity contribution in [1.82, 2.24) is 19.7 Å². The maximum atomic E-state index is 12.7. The summed E-state index contributed by atoms with van der Waals surface area (Å²) >= 11 is 0. The first kappa shape index (κ1) is 15.2. The predicted octanol–water partition coefficient (Wildman–Crippen LogP) is 1.63. The second-order valence-electron chi connectivity index (χ2n) is 5.37. The zero-order valence-corrected chi connectivity index (χ0v) is 11.7. The predicted molar refractivity (Wildman–Crippen MR) is 67.8 cm³/mol. The van der Waals surface area contributed by atoms with Gasteiger partial charge in [0.15, 0.2) is 0 Å². The molecule has 0 saturated carbocycles. The lowest BCUT2D eigenvalue weighted by atomic mass is 9.93. The number of rotatable bonds is 4. The zero-order chi connectivity index (χ0) is 15.0. The van der Waals surface area contributed by atoms with Gasteiger partial charge < -0.3 is 10.3 Å². The van der Waals surface area contributed by atoms with Crippen molar-refractivity contribution in [3.63, 3.8) is 0 Å². The minimum absolute atomic E-state index is 0.251. The van der Waals surface area contributed by atoms with Crippen LogP contribution in [-0.4, -0.2) is 38.3 Å². The average Bonchev–Trinajstić information content (AvgIpc) is 2.81. The highest BCUT2D eigenvalue weighted by atomic mass is 19.4. The van der Waals surface area contributed by atoms with Crippen LogP contribution in [0.2, 0.25) is 0 Å². The highest BCUT2D eigenvalue weighted by Gasteiger charge is 2.39. The van der Waals surface area contributed by atoms with Crippen molar-refractivity contribution in [2.45, 2.75) is 51.5 Å². The Bertz CT molecular complexity index is 464. The summed E-state index contributed by atoms with van der Waals surface area (Å²) in [5.41, 5.74) is 5.96. The summed E-state index contributed by atoms with van der Waals surface area (Å²) in [7, 11) is 0. The molecule has 1 aromatic rings. The molecule has 0 amide bonds. The van der Waals surface area contributed by atoms with Crippen molar-refractivity contribution < 1.29 is 13.2 Å². The molecule has 0 aliphatic carbocycles. The fourth-order valence-electron chi connectivity index (χ4n) is 2.47. The largest absolute Gasteiger partial charge is 0.451 e. The number of nitrogens with zero attached hydrogens (tertiary/aromatic N) is 4. The highest BCUT2D eigenvalue weighted by Crippen LogP contribution is 2.29. The molecule has 1 aliphatic rings. The summed E-state index contributed by atoms with van der Waals surface area (Å²) in [6, 6.07) is 0. The van der Waals surface area contributed by atoms with Gasteiger partial charge in [-0.25, -0.2) is 0 Å². The van der Waals surface area contributed by atoms with E-state index in [2.05, 4.69) is 15.1 Å². The molecule has 0 aromatic carbocycles. The molecule has 1 aliphatic heterocycles. The van der Waals surface area contributed by atoms with Gasteiger partial charge in [0.05, 0.1) is 6.54 Å². The SMILES string of the molecule is CCC(N)(CC)CN1CCn2c(nnc2C(F)(F)F)C1. The van der Waals surface area contributed by atoms with Crippen LogP contribution in [0, 0.1) is 0 Å². The van der Waals surface area contributed by atoms with E-state index in [1.807, 2.05) is 13.8 Å². The lowest BCUT2D eigenvalue weighted by Crippen LogP contribution is -2.51. The Balaban J connectivity index is 2.11. The maximum Gasteiger partial charge on any atom is 0.451 e. The average molecular weight is 291 g/mol. The van der Waals surface area contributed by atoms with Gasteiger partial charge in [0, 0.05) is 25.2 Å². The fraction of sp³-hybridized carbons (Fsp3) is 0.833. The smallest absolute Gasteiger partial charge is 0.324 e. The molecule has 2 heterocycles. The Morgan fingerprint density at radius 3 is 2.35 bits per heavy atom. The Morgan fingerprint density at radius 1 is 1.15 bits per heavy atom. The van der Waals surface area contributed by atoms with Crippen LogP contribution < -0.4 is 5.73 Å². The first-order valence-electron chi connectivity index (χ1n) is 6.79. The second-order valence-corrected chi connectivity index (χ2v) is 5.37. The molecule has 5 nitrogen and oxygen atoms in total. The van der Waals surface area contributed by atoms with Crippen molar-refractivity contribution >= 4 is 0 Å². The van der Waals surface area contributed by atoms with Gasteiger partial charge in [0.1, 0.15) is 5.82 Å². The normalized spacial score (nSPS) is 17.3. The van der Waals surface area contributed by atoms with Gasteiger partial charge in [-0.2, -0.15) is 13.2 Å². The van der Waals surface area contributed by atoms with Crippen LogP contribution in [0.3, 0.4) is 0 Å². The molecule has 2 rings (SSSR count). The minimum Gasteiger partial charge on any atom is -0.324 e. The molecular weight excluding hydrogens is 271 g/mol. The number of nitrogens with two attached hydrogens (primary N) is 1. The molecule has 8 heteroatoms. The highest BCUT2D eigenvalue weighted by molar-refractivity contribution is 5.03. The summed E-state index contributed by atoms with van der Waals surface area (Å²) in [4.78, 5) is 2.05. The van der Waals surface area contributed by atoms with Crippen molar-refractivity contribution in [3.05, 3.63) is 11.6 Å². The monoisotopic (exact) mass is 291 g/mol. The topological polar surface area (TPSA) is 60.0 Å². The quantitative estimate of drug-likeness (QED) is 0.916. The maximum absolute atomic E-state index is 12.7. The number of hydrogen-bond acceptors (Lipinski definition) is 4. The van der Waals surface area contributed by atoms with E-state index in [-0.39, 0.29) is 12.1 Å². The molecule has 0 unspecified atom stereocenters. The van der Waals surface area contributed by atoms with E-state index in [0.717, 1.165) is 17.4 Å². The summed E-state index contributed by atoms with van der Waals surface area (Å²) in [5.74, 6) is -0.546. The van der Waals surface area contributed by atoms with Gasteiger partial charge in [-0.3, -0.25) is 4.90 Å². The molecule has 0 radical (unpaired) electrons. The van der Waals surface area contributed by atoms with E-state index < -0.39 is 12.0 Å². The molecule has 0 bridgehead atoms. The van der Waals surface area contributed by atoms with Crippen molar-refractivity contribution in [2.24, 2.45) is 5.73 Å². The van der Waals surface area contributed by atoms with Crippen LogP contribution in [0.1, 0.15) is 38.3 Å². The van der Waals surface area contributed by atoms with Crippen LogP contribution in [0.15, 0.2) is 0 Å². The van der Waals surface area contributed by atoms with Gasteiger partial charge in [-0.1, -0.05) is 13.8 Å². The molecular formula is C12H20F3N5. The molecule has 0 saturated heterocycles. The standard InChI is InChI=1S/C12H20F3N5/c1-3-11(16,4-2)8-19-5-6-20-9(7-19)17-18-10(20)12(13,14)15/h3-8,16H2,1-2H3. The Kier molecular flexibility index (Phi) is 4.06. The molecule has 0 atom stereocenters. The van der Waals surface area contributed by atoms with Crippen LogP contribution >= 0.6 is 0 Å². The van der Waals surface area contributed by atoms with Crippen molar-refractivity contribution in [3.8, 4) is 0 Å². The third kappa shape index (κ3) is 2.95. The Morgan fingerprint density at radius 2 is 1.80 bits per heavy atom. The molecule has 0 fully saturated rings. The van der Waals surface area contributed by atoms with Crippen LogP contribution in [0.25, 0.3) is 0 Å². The molecule has 20 heavy (non-hydrogen) atoms. The summed E-state index contributed by atoms with van der Waals surface area (Å²) in [5, 5.41) is 6.94. The van der Waals surface area contributed by atoms with E-state index in [0.29, 0.717) is 25.5 Å². The van der Waals surface area contributed by atoms with Gasteiger partial charge in [-0.15, -0.1) is 10.2 Å². The number of alkyl halides is 3. The fourth-order valence-corrected chi connectivity index (χ4v) is 2.47. The first-order valence-corrected chi connectivity index (χ1v) is 6.79. The lowest BCUT2D eigenvalue weighted by Gasteiger charge is -2.36.